The number of sulfonamides is 3. The summed E-state index contributed by atoms with van der Waals surface area (Å²) in [6.07, 6.45) is 0. The lowest BCUT2D eigenvalue weighted by molar-refractivity contribution is 0.102. The molecule has 0 bridgehead atoms. The highest BCUT2D eigenvalue weighted by molar-refractivity contribution is 7.93. The van der Waals surface area contributed by atoms with Gasteiger partial charge in [0.2, 0.25) is 20.0 Å². The van der Waals surface area contributed by atoms with Crippen LogP contribution in [-0.2, 0) is 30.1 Å². The minimum Gasteiger partial charge on any atom is -0.298 e. The summed E-state index contributed by atoms with van der Waals surface area (Å²) in [6.45, 7) is 17.2. The maximum atomic E-state index is 13.7. The van der Waals surface area contributed by atoms with Gasteiger partial charge in [-0.15, -0.1) is 0 Å². The predicted octanol–water partition coefficient (Wildman–Crippen LogP) is 7.56. The van der Waals surface area contributed by atoms with Gasteiger partial charge >= 0.3 is 0 Å². The molecule has 5 rings (SSSR count). The van der Waals surface area contributed by atoms with Gasteiger partial charge < -0.3 is 0 Å². The zero-order chi connectivity index (χ0) is 40.5. The third-order valence-electron chi connectivity index (χ3n) is 8.13. The van der Waals surface area contributed by atoms with Crippen LogP contribution in [-0.4, -0.2) is 75.9 Å². The number of anilines is 2. The number of nitrogens with zero attached hydrogens (tertiary/aromatic N) is 4. The van der Waals surface area contributed by atoms with E-state index >= 15 is 0 Å². The maximum absolute atomic E-state index is 13.7. The van der Waals surface area contributed by atoms with Crippen LogP contribution < -0.4 is 10.0 Å². The van der Waals surface area contributed by atoms with E-state index in [1.54, 1.807) is 12.1 Å². The second-order valence-corrected chi connectivity index (χ2v) is 22.7. The lowest BCUT2D eigenvalue weighted by Crippen LogP contribution is -2.37. The van der Waals surface area contributed by atoms with E-state index < -0.39 is 36.0 Å². The largest absolute Gasteiger partial charge is 0.298 e. The Balaban J connectivity index is 1.37. The van der Waals surface area contributed by atoms with Gasteiger partial charge in [-0.3, -0.25) is 14.8 Å². The minimum absolute atomic E-state index is 0.00161. The molecule has 0 aliphatic heterocycles. The van der Waals surface area contributed by atoms with E-state index in [1.807, 2.05) is 55.4 Å². The summed E-state index contributed by atoms with van der Waals surface area (Å²) in [5.74, 6) is -0.240. The molecule has 0 radical (unpaired) electrons. The Morgan fingerprint density at radius 1 is 0.618 bits per heavy atom. The van der Waals surface area contributed by atoms with Crippen LogP contribution in [0.25, 0.3) is 20.4 Å². The Morgan fingerprint density at radius 3 is 1.49 bits per heavy atom. The smallest absolute Gasteiger partial charge is 0.264 e. The number of benzene rings is 3. The topological polar surface area (TPSA) is 176 Å². The van der Waals surface area contributed by atoms with Crippen molar-refractivity contribution >= 4 is 89.3 Å². The lowest BCUT2D eigenvalue weighted by atomic mass is 10.2. The third-order valence-corrected chi connectivity index (χ3v) is 15.2. The first-order valence-electron chi connectivity index (χ1n) is 17.9. The fourth-order valence-corrected chi connectivity index (χ4v) is 12.9. The van der Waals surface area contributed by atoms with Gasteiger partial charge in [0.15, 0.2) is 10.3 Å². The van der Waals surface area contributed by atoms with E-state index in [4.69, 9.17) is 0 Å². The van der Waals surface area contributed by atoms with Crippen molar-refractivity contribution in [1.29, 1.82) is 0 Å². The van der Waals surface area contributed by atoms with Crippen LogP contribution in [0, 0.1) is 23.7 Å². The number of nitrogens with one attached hydrogen (secondary N) is 2. The second kappa shape index (κ2) is 16.9. The molecule has 2 aromatic heterocycles. The first kappa shape index (κ1) is 42.6. The molecule has 298 valence electrons. The molecule has 0 spiro atoms. The van der Waals surface area contributed by atoms with E-state index in [2.05, 4.69) is 20.0 Å². The Hall–Kier alpha value is -3.52. The van der Waals surface area contributed by atoms with Gasteiger partial charge in [0.1, 0.15) is 4.90 Å². The number of rotatable bonds is 17. The van der Waals surface area contributed by atoms with Crippen molar-refractivity contribution in [2.75, 3.05) is 36.2 Å². The van der Waals surface area contributed by atoms with Crippen LogP contribution in [0.5, 0.6) is 0 Å². The number of carbonyl (C=O) groups excluding carboxylic acids is 1. The molecular formula is C37H48N6O7S5. The van der Waals surface area contributed by atoms with Crippen molar-refractivity contribution in [2.24, 2.45) is 23.7 Å². The summed E-state index contributed by atoms with van der Waals surface area (Å²) >= 11 is 2.05. The van der Waals surface area contributed by atoms with Gasteiger partial charge in [0.25, 0.3) is 15.9 Å². The summed E-state index contributed by atoms with van der Waals surface area (Å²) in [6, 6.07) is 14.8. The van der Waals surface area contributed by atoms with Crippen molar-refractivity contribution in [3.05, 3.63) is 66.2 Å². The Bertz CT molecular complexity index is 2490. The maximum Gasteiger partial charge on any atom is 0.264 e. The van der Waals surface area contributed by atoms with E-state index in [1.165, 1.54) is 57.1 Å². The van der Waals surface area contributed by atoms with Crippen LogP contribution in [0.15, 0.2) is 75.4 Å². The molecule has 0 atom stereocenters. The highest BCUT2D eigenvalue weighted by Gasteiger charge is 2.29. The number of hydrogen-bond donors (Lipinski definition) is 2. The van der Waals surface area contributed by atoms with Crippen molar-refractivity contribution in [2.45, 2.75) is 70.1 Å². The standard InChI is InChI=1S/C37H48N6O7S5/c1-23(2)19-42(20-24(3)4)54(47,48)27-13-15-30-32(17-27)51-36(38-30)40-35(44)29-11-9-10-12-34(29)53(45,46)41-37-39-31-16-14-28(18-33(31)52-37)55(49,50)43(21-25(5)6)22-26(7)8/h9-18,23-26H,19-22H2,1-8H3,(H,39,41)(H,38,40,44). The lowest BCUT2D eigenvalue weighted by Gasteiger charge is -2.25. The zero-order valence-corrected chi connectivity index (χ0v) is 36.2. The SMILES string of the molecule is CC(C)CN(CC(C)C)S(=O)(=O)c1ccc2nc(NC(=O)c3ccccc3S(=O)(=O)Nc3nc4ccc(S(=O)(=O)N(CC(C)C)CC(C)C)cc4s3)sc2c1. The molecule has 13 nitrogen and oxygen atoms in total. The normalized spacial score (nSPS) is 13.1. The van der Waals surface area contributed by atoms with Crippen molar-refractivity contribution in [3.8, 4) is 0 Å². The molecule has 2 N–H and O–H groups in total. The zero-order valence-electron chi connectivity index (χ0n) is 32.1. The van der Waals surface area contributed by atoms with Gasteiger partial charge in [-0.05, 0) is 72.2 Å². The Kier molecular flexibility index (Phi) is 13.1. The van der Waals surface area contributed by atoms with Crippen LogP contribution in [0.4, 0.5) is 10.3 Å². The molecule has 0 aliphatic carbocycles. The Labute approximate surface area is 332 Å². The van der Waals surface area contributed by atoms with E-state index in [-0.39, 0.29) is 54.2 Å². The molecule has 5 aromatic rings. The molecule has 0 saturated carbocycles. The van der Waals surface area contributed by atoms with Crippen molar-refractivity contribution in [3.63, 3.8) is 0 Å². The molecule has 1 amide bonds. The average Bonchev–Trinajstić information content (AvgIpc) is 3.68. The number of thiazole rings is 2. The van der Waals surface area contributed by atoms with E-state index in [0.717, 1.165) is 22.7 Å². The number of amides is 1. The van der Waals surface area contributed by atoms with Gasteiger partial charge in [-0.25, -0.2) is 35.2 Å². The first-order chi connectivity index (χ1) is 25.7. The van der Waals surface area contributed by atoms with Gasteiger partial charge in [-0.2, -0.15) is 8.61 Å². The van der Waals surface area contributed by atoms with Crippen LogP contribution in [0.2, 0.25) is 0 Å². The minimum atomic E-state index is -4.36. The fraction of sp³-hybridized carbons (Fsp3) is 0.432. The molecular weight excluding hydrogens is 801 g/mol. The number of fused-ring (bicyclic) bond motifs is 2. The summed E-state index contributed by atoms with van der Waals surface area (Å²) in [5, 5.41) is 2.83. The molecule has 0 unspecified atom stereocenters. The van der Waals surface area contributed by atoms with Gasteiger partial charge in [0, 0.05) is 26.2 Å². The highest BCUT2D eigenvalue weighted by atomic mass is 32.2. The summed E-state index contributed by atoms with van der Waals surface area (Å²) in [4.78, 5) is 22.3. The predicted molar refractivity (Wildman–Crippen MR) is 221 cm³/mol. The molecule has 18 heteroatoms. The molecule has 0 fully saturated rings. The number of hydrogen-bond acceptors (Lipinski definition) is 11. The summed E-state index contributed by atoms with van der Waals surface area (Å²) < 4.78 is 88.4. The van der Waals surface area contributed by atoms with Gasteiger partial charge in [0.05, 0.1) is 35.8 Å². The number of carbonyl (C=O) groups is 1. The van der Waals surface area contributed by atoms with Crippen molar-refractivity contribution in [1.82, 2.24) is 18.6 Å². The first-order valence-corrected chi connectivity index (χ1v) is 23.9. The quantitative estimate of drug-likeness (QED) is 0.0957. The van der Waals surface area contributed by atoms with Crippen LogP contribution in [0.3, 0.4) is 0 Å². The summed E-state index contributed by atoms with van der Waals surface area (Å²) in [5.41, 5.74) is 0.729. The van der Waals surface area contributed by atoms with Crippen molar-refractivity contribution < 1.29 is 30.0 Å². The van der Waals surface area contributed by atoms with Gasteiger partial charge in [-0.1, -0.05) is 90.2 Å². The van der Waals surface area contributed by atoms with E-state index in [9.17, 15) is 30.0 Å². The average molecular weight is 849 g/mol. The Morgan fingerprint density at radius 2 is 1.04 bits per heavy atom. The van der Waals surface area contributed by atoms with Crippen LogP contribution in [0.1, 0.15) is 65.7 Å². The third kappa shape index (κ3) is 10.1. The van der Waals surface area contributed by atoms with Crippen LogP contribution >= 0.6 is 22.7 Å². The number of aromatic nitrogens is 2. The highest BCUT2D eigenvalue weighted by Crippen LogP contribution is 2.33. The van der Waals surface area contributed by atoms with E-state index in [0.29, 0.717) is 46.6 Å². The molecule has 55 heavy (non-hydrogen) atoms. The molecule has 0 aliphatic rings. The molecule has 0 saturated heterocycles. The fourth-order valence-electron chi connectivity index (χ4n) is 5.92. The summed E-state index contributed by atoms with van der Waals surface area (Å²) in [7, 11) is -12.0. The monoisotopic (exact) mass is 848 g/mol. The second-order valence-electron chi connectivity index (χ2n) is 15.1. The molecule has 2 heterocycles. The molecule has 3 aromatic carbocycles.